The zero-order valence-electron chi connectivity index (χ0n) is 11.4. The van der Waals surface area contributed by atoms with Crippen molar-refractivity contribution >= 4 is 22.6 Å². The minimum absolute atomic E-state index is 0.355. The average Bonchev–Trinajstić information content (AvgIpc) is 2.92. The highest BCUT2D eigenvalue weighted by Crippen LogP contribution is 2.38. The lowest BCUT2D eigenvalue weighted by Crippen LogP contribution is -2.25. The summed E-state index contributed by atoms with van der Waals surface area (Å²) in [6.45, 7) is 1.82. The van der Waals surface area contributed by atoms with Gasteiger partial charge in [-0.05, 0) is 36.2 Å². The molecule has 21 heavy (non-hydrogen) atoms. The summed E-state index contributed by atoms with van der Waals surface area (Å²) < 4.78 is 19.2. The molecule has 0 spiro atoms. The van der Waals surface area contributed by atoms with E-state index >= 15 is 0 Å². The molecule has 108 valence electrons. The first-order valence-corrected chi connectivity index (χ1v) is 7.09. The number of rotatable bonds is 3. The highest BCUT2D eigenvalue weighted by molar-refractivity contribution is 6.34. The van der Waals surface area contributed by atoms with Crippen molar-refractivity contribution in [2.75, 3.05) is 0 Å². The molecule has 0 bridgehead atoms. The summed E-state index contributed by atoms with van der Waals surface area (Å²) in [5, 5.41) is 12.3. The Morgan fingerprint density at radius 1 is 1.19 bits per heavy atom. The van der Waals surface area contributed by atoms with E-state index in [2.05, 4.69) is 0 Å². The van der Waals surface area contributed by atoms with E-state index in [4.69, 9.17) is 16.0 Å². The third kappa shape index (κ3) is 2.33. The minimum atomic E-state index is -1.38. The molecule has 0 aliphatic carbocycles. The van der Waals surface area contributed by atoms with E-state index in [1.54, 1.807) is 24.3 Å². The molecule has 1 N–H and O–H groups in total. The van der Waals surface area contributed by atoms with Crippen LogP contribution in [0.5, 0.6) is 0 Å². The molecule has 1 aromatic heterocycles. The van der Waals surface area contributed by atoms with Gasteiger partial charge < -0.3 is 9.52 Å². The minimum Gasteiger partial charge on any atom is -0.456 e. The first kappa shape index (κ1) is 14.1. The lowest BCUT2D eigenvalue weighted by Gasteiger charge is -2.25. The second-order valence-corrected chi connectivity index (χ2v) is 5.40. The molecule has 0 saturated heterocycles. The van der Waals surface area contributed by atoms with E-state index in [9.17, 15) is 9.50 Å². The molecule has 0 saturated carbocycles. The summed E-state index contributed by atoms with van der Waals surface area (Å²) in [6.07, 6.45) is 0.355. The van der Waals surface area contributed by atoms with Crippen LogP contribution in [-0.4, -0.2) is 5.11 Å². The normalized spacial score (nSPS) is 14.3. The van der Waals surface area contributed by atoms with Crippen LogP contribution in [0.15, 0.2) is 52.9 Å². The van der Waals surface area contributed by atoms with Crippen molar-refractivity contribution in [1.82, 2.24) is 0 Å². The van der Waals surface area contributed by atoms with Crippen LogP contribution in [0.4, 0.5) is 4.39 Å². The standard InChI is InChI=1S/C17H14ClFO2/c1-2-17(20,12-6-4-7-13(19)10-12)15-9-11-5-3-8-14(18)16(11)21-15/h3-10,20H,2H2,1H3. The quantitative estimate of drug-likeness (QED) is 0.749. The van der Waals surface area contributed by atoms with Gasteiger partial charge in [0.15, 0.2) is 5.58 Å². The van der Waals surface area contributed by atoms with Crippen molar-refractivity contribution in [3.8, 4) is 0 Å². The smallest absolute Gasteiger partial charge is 0.153 e. The van der Waals surface area contributed by atoms with E-state index in [0.29, 0.717) is 28.4 Å². The van der Waals surface area contributed by atoms with Gasteiger partial charge in [0.1, 0.15) is 17.2 Å². The fraction of sp³-hybridized carbons (Fsp3) is 0.176. The Bertz CT molecular complexity index is 796. The Labute approximate surface area is 126 Å². The molecule has 2 nitrogen and oxygen atoms in total. The van der Waals surface area contributed by atoms with Gasteiger partial charge in [0, 0.05) is 5.39 Å². The van der Waals surface area contributed by atoms with E-state index < -0.39 is 11.4 Å². The summed E-state index contributed by atoms with van der Waals surface area (Å²) in [6, 6.07) is 13.1. The fourth-order valence-corrected chi connectivity index (χ4v) is 2.72. The number of aliphatic hydroxyl groups is 1. The van der Waals surface area contributed by atoms with Crippen LogP contribution in [0.1, 0.15) is 24.7 Å². The second kappa shape index (κ2) is 5.17. The first-order valence-electron chi connectivity index (χ1n) is 6.71. The van der Waals surface area contributed by atoms with Crippen molar-refractivity contribution in [2.45, 2.75) is 18.9 Å². The molecule has 0 aliphatic heterocycles. The van der Waals surface area contributed by atoms with Gasteiger partial charge in [0.25, 0.3) is 0 Å². The summed E-state index contributed by atoms with van der Waals surface area (Å²) in [5.41, 5.74) is -0.401. The highest BCUT2D eigenvalue weighted by atomic mass is 35.5. The van der Waals surface area contributed by atoms with Crippen molar-refractivity contribution in [3.05, 3.63) is 70.7 Å². The molecular formula is C17H14ClFO2. The molecule has 3 rings (SSSR count). The van der Waals surface area contributed by atoms with Crippen molar-refractivity contribution in [3.63, 3.8) is 0 Å². The average molecular weight is 305 g/mol. The van der Waals surface area contributed by atoms with Crippen LogP contribution in [0.25, 0.3) is 11.0 Å². The largest absolute Gasteiger partial charge is 0.456 e. The van der Waals surface area contributed by atoms with Gasteiger partial charge in [-0.1, -0.05) is 42.8 Å². The zero-order chi connectivity index (χ0) is 15.0. The van der Waals surface area contributed by atoms with Gasteiger partial charge in [-0.15, -0.1) is 0 Å². The number of fused-ring (bicyclic) bond motifs is 1. The number of benzene rings is 2. The van der Waals surface area contributed by atoms with Crippen LogP contribution in [0.3, 0.4) is 0 Å². The van der Waals surface area contributed by atoms with Gasteiger partial charge in [-0.25, -0.2) is 4.39 Å². The number of halogens is 2. The third-order valence-corrected chi connectivity index (χ3v) is 4.02. The van der Waals surface area contributed by atoms with Gasteiger partial charge in [0.2, 0.25) is 0 Å². The van der Waals surface area contributed by atoms with Crippen LogP contribution < -0.4 is 0 Å². The molecule has 0 fully saturated rings. The van der Waals surface area contributed by atoms with Gasteiger partial charge in [-0.2, -0.15) is 0 Å². The van der Waals surface area contributed by atoms with Crippen LogP contribution in [-0.2, 0) is 5.60 Å². The number of hydrogen-bond acceptors (Lipinski definition) is 2. The van der Waals surface area contributed by atoms with Crippen LogP contribution in [0.2, 0.25) is 5.02 Å². The SMILES string of the molecule is CCC(O)(c1cccc(F)c1)c1cc2cccc(Cl)c2o1. The fourth-order valence-electron chi connectivity index (χ4n) is 2.50. The number of furan rings is 1. The Morgan fingerprint density at radius 2 is 1.95 bits per heavy atom. The van der Waals surface area contributed by atoms with E-state index in [-0.39, 0.29) is 0 Å². The zero-order valence-corrected chi connectivity index (χ0v) is 12.2. The monoisotopic (exact) mass is 304 g/mol. The van der Waals surface area contributed by atoms with Gasteiger partial charge >= 0.3 is 0 Å². The van der Waals surface area contributed by atoms with Crippen molar-refractivity contribution in [1.29, 1.82) is 0 Å². The molecule has 0 amide bonds. The Kier molecular flexibility index (Phi) is 3.47. The third-order valence-electron chi connectivity index (χ3n) is 3.72. The number of para-hydroxylation sites is 1. The van der Waals surface area contributed by atoms with Crippen molar-refractivity contribution < 1.29 is 13.9 Å². The molecule has 1 unspecified atom stereocenters. The molecule has 2 aromatic carbocycles. The Morgan fingerprint density at radius 3 is 2.62 bits per heavy atom. The van der Waals surface area contributed by atoms with E-state index in [0.717, 1.165) is 5.39 Å². The Hall–Kier alpha value is -1.84. The topological polar surface area (TPSA) is 33.4 Å². The number of hydrogen-bond donors (Lipinski definition) is 1. The Balaban J connectivity index is 2.19. The maximum absolute atomic E-state index is 13.5. The van der Waals surface area contributed by atoms with E-state index in [1.165, 1.54) is 12.1 Å². The summed E-state index contributed by atoms with van der Waals surface area (Å²) in [5.74, 6) is -0.0350. The molecule has 0 radical (unpaired) electrons. The van der Waals surface area contributed by atoms with Crippen LogP contribution in [0, 0.1) is 5.82 Å². The second-order valence-electron chi connectivity index (χ2n) is 4.99. The molecule has 3 aromatic rings. The van der Waals surface area contributed by atoms with E-state index in [1.807, 2.05) is 19.1 Å². The summed E-state index contributed by atoms with van der Waals surface area (Å²) >= 11 is 6.10. The summed E-state index contributed by atoms with van der Waals surface area (Å²) in [7, 11) is 0. The predicted octanol–water partition coefficient (Wildman–Crippen LogP) is 4.87. The maximum atomic E-state index is 13.5. The van der Waals surface area contributed by atoms with Crippen molar-refractivity contribution in [2.24, 2.45) is 0 Å². The molecule has 4 heteroatoms. The maximum Gasteiger partial charge on any atom is 0.153 e. The predicted molar refractivity (Wildman–Crippen MR) is 80.9 cm³/mol. The lowest BCUT2D eigenvalue weighted by molar-refractivity contribution is 0.0541. The molecule has 1 heterocycles. The van der Waals surface area contributed by atoms with Crippen LogP contribution >= 0.6 is 11.6 Å². The lowest BCUT2D eigenvalue weighted by atomic mass is 9.88. The first-order chi connectivity index (χ1) is 10.0. The van der Waals surface area contributed by atoms with Gasteiger partial charge in [0.05, 0.1) is 5.02 Å². The summed E-state index contributed by atoms with van der Waals surface area (Å²) in [4.78, 5) is 0. The molecule has 0 aliphatic rings. The molecular weight excluding hydrogens is 291 g/mol. The van der Waals surface area contributed by atoms with Gasteiger partial charge in [-0.3, -0.25) is 0 Å². The molecule has 1 atom stereocenters. The highest BCUT2D eigenvalue weighted by Gasteiger charge is 2.33.